The monoisotopic (exact) mass is 506 g/mol. The summed E-state index contributed by atoms with van der Waals surface area (Å²) in [6.45, 7) is -0.322. The highest BCUT2D eigenvalue weighted by atomic mass is 35.5. The molecule has 7 nitrogen and oxygen atoms in total. The molecule has 0 saturated heterocycles. The first kappa shape index (κ1) is 28.9. The molecule has 0 heterocycles. The molecule has 2 N–H and O–H groups in total. The maximum Gasteiger partial charge on any atom is 0.306 e. The molecule has 2 atom stereocenters. The van der Waals surface area contributed by atoms with Gasteiger partial charge in [0.1, 0.15) is 12.8 Å². The summed E-state index contributed by atoms with van der Waals surface area (Å²) in [6, 6.07) is 4.21. The van der Waals surface area contributed by atoms with Crippen molar-refractivity contribution in [3.05, 3.63) is 29.8 Å². The predicted molar refractivity (Wildman–Crippen MR) is 117 cm³/mol. The number of sulfone groups is 1. The van der Waals surface area contributed by atoms with E-state index in [1.807, 2.05) is 0 Å². The number of amides is 1. The Hall–Kier alpha value is -1.13. The quantitative estimate of drug-likeness (QED) is 0.256. The lowest BCUT2D eigenvalue weighted by molar-refractivity contribution is -0.152. The summed E-state index contributed by atoms with van der Waals surface area (Å²) in [6.07, 6.45) is 1.30. The molecule has 0 saturated carbocycles. The molecule has 0 radical (unpaired) electrons. The average Bonchev–Trinajstić information content (AvgIpc) is 2.67. The van der Waals surface area contributed by atoms with Crippen LogP contribution in [0.1, 0.15) is 30.9 Å². The summed E-state index contributed by atoms with van der Waals surface area (Å²) in [5, 5.41) is 5.27. The van der Waals surface area contributed by atoms with Crippen LogP contribution in [0.3, 0.4) is 0 Å². The second kappa shape index (κ2) is 14.0. The van der Waals surface area contributed by atoms with Crippen LogP contribution in [-0.4, -0.2) is 57.7 Å². The fourth-order valence-electron chi connectivity index (χ4n) is 2.50. The van der Waals surface area contributed by atoms with Crippen molar-refractivity contribution in [1.29, 1.82) is 0 Å². The van der Waals surface area contributed by atoms with Gasteiger partial charge in [-0.2, -0.15) is 0 Å². The third-order valence-electron chi connectivity index (χ3n) is 4.01. The van der Waals surface area contributed by atoms with Crippen molar-refractivity contribution in [2.75, 3.05) is 26.5 Å². The molecule has 1 rings (SSSR count). The molecule has 0 aliphatic rings. The summed E-state index contributed by atoms with van der Waals surface area (Å²) in [5.41, 5.74) is 0.324. The third kappa shape index (κ3) is 9.78. The van der Waals surface area contributed by atoms with E-state index in [2.05, 4.69) is 10.6 Å². The van der Waals surface area contributed by atoms with Gasteiger partial charge in [0.05, 0.1) is 10.9 Å². The number of halogens is 4. The molecule has 0 aromatic heterocycles. The smallest absolute Gasteiger partial charge is 0.306 e. The Morgan fingerprint density at radius 2 is 1.77 bits per heavy atom. The Kier molecular flexibility index (Phi) is 13.5. The van der Waals surface area contributed by atoms with E-state index in [1.165, 1.54) is 24.3 Å². The van der Waals surface area contributed by atoms with E-state index in [-0.39, 0.29) is 23.7 Å². The minimum atomic E-state index is -3.43. The van der Waals surface area contributed by atoms with Gasteiger partial charge in [0.25, 0.3) is 5.91 Å². The Balaban J connectivity index is 0.00000841. The molecule has 1 aromatic carbocycles. The number of hydrogen-bond acceptors (Lipinski definition) is 6. The van der Waals surface area contributed by atoms with Crippen molar-refractivity contribution < 1.29 is 27.1 Å². The fraction of sp³-hybridized carbons (Fsp3) is 0.556. The summed E-state index contributed by atoms with van der Waals surface area (Å²) >= 11 is 11.0. The Morgan fingerprint density at radius 1 is 1.17 bits per heavy atom. The van der Waals surface area contributed by atoms with Gasteiger partial charge in [-0.05, 0) is 44.1 Å². The van der Waals surface area contributed by atoms with Gasteiger partial charge in [-0.25, -0.2) is 12.8 Å². The number of rotatable bonds is 12. The SMILES string of the molecule is CNCCCCC(=O)O[C@H](c1ccc(S(C)(=O)=O)cc1)[C@@H](CF)NC(=O)C(Cl)Cl.Cl. The summed E-state index contributed by atoms with van der Waals surface area (Å²) in [7, 11) is -1.64. The van der Waals surface area contributed by atoms with Crippen LogP contribution in [-0.2, 0) is 24.2 Å². The molecule has 0 fully saturated rings. The van der Waals surface area contributed by atoms with Crippen molar-refractivity contribution in [3.8, 4) is 0 Å². The lowest BCUT2D eigenvalue weighted by Crippen LogP contribution is -2.44. The molecule has 0 aliphatic carbocycles. The van der Waals surface area contributed by atoms with Crippen LogP contribution in [0.5, 0.6) is 0 Å². The molecule has 1 aromatic rings. The number of benzene rings is 1. The van der Waals surface area contributed by atoms with E-state index in [9.17, 15) is 22.4 Å². The predicted octanol–water partition coefficient (Wildman–Crippen LogP) is 2.74. The molecule has 0 aliphatic heterocycles. The zero-order valence-electron chi connectivity index (χ0n) is 16.6. The Morgan fingerprint density at radius 3 is 2.23 bits per heavy atom. The third-order valence-corrected chi connectivity index (χ3v) is 5.54. The minimum Gasteiger partial charge on any atom is -0.455 e. The zero-order valence-corrected chi connectivity index (χ0v) is 19.7. The maximum absolute atomic E-state index is 13.7. The average molecular weight is 508 g/mol. The lowest BCUT2D eigenvalue weighted by Gasteiger charge is -2.27. The van der Waals surface area contributed by atoms with E-state index in [1.54, 1.807) is 7.05 Å². The van der Waals surface area contributed by atoms with Gasteiger partial charge in [0.15, 0.2) is 14.7 Å². The molecule has 12 heteroatoms. The van der Waals surface area contributed by atoms with Crippen LogP contribution in [0.15, 0.2) is 29.2 Å². The Labute approximate surface area is 192 Å². The fourth-order valence-corrected chi connectivity index (χ4v) is 3.26. The number of alkyl halides is 3. The zero-order chi connectivity index (χ0) is 22.0. The maximum atomic E-state index is 13.7. The van der Waals surface area contributed by atoms with Crippen LogP contribution >= 0.6 is 35.6 Å². The second-order valence-corrected chi connectivity index (χ2v) is 9.49. The molecule has 0 bridgehead atoms. The highest BCUT2D eigenvalue weighted by Crippen LogP contribution is 2.25. The van der Waals surface area contributed by atoms with Crippen LogP contribution in [0.4, 0.5) is 4.39 Å². The van der Waals surface area contributed by atoms with Gasteiger partial charge in [-0.3, -0.25) is 9.59 Å². The number of esters is 1. The van der Waals surface area contributed by atoms with Gasteiger partial charge in [-0.1, -0.05) is 35.3 Å². The van der Waals surface area contributed by atoms with E-state index in [4.69, 9.17) is 27.9 Å². The molecule has 172 valence electrons. The van der Waals surface area contributed by atoms with E-state index in [0.717, 1.165) is 19.2 Å². The van der Waals surface area contributed by atoms with Crippen molar-refractivity contribution in [1.82, 2.24) is 10.6 Å². The molecular formula is C18H26Cl3FN2O5S. The van der Waals surface area contributed by atoms with Crippen molar-refractivity contribution in [2.24, 2.45) is 0 Å². The van der Waals surface area contributed by atoms with Gasteiger partial charge in [-0.15, -0.1) is 12.4 Å². The minimum absolute atomic E-state index is 0. The van der Waals surface area contributed by atoms with E-state index < -0.39 is 45.4 Å². The second-order valence-electron chi connectivity index (χ2n) is 6.38. The highest BCUT2D eigenvalue weighted by Gasteiger charge is 2.30. The standard InChI is InChI=1S/C18H25Cl2FN2O5S.ClH/c1-22-10-4-3-5-15(24)28-16(14(11-21)23-18(25)17(19)20)12-6-8-13(9-7-12)29(2,26)27;/h6-9,14,16-17,22H,3-5,10-11H2,1-2H3,(H,23,25);1H/t14-,16-;/m1./s1. The summed E-state index contributed by atoms with van der Waals surface area (Å²) < 4.78 is 42.4. The highest BCUT2D eigenvalue weighted by molar-refractivity contribution is 7.90. The number of carbonyl (C=O) groups excluding carboxylic acids is 2. The van der Waals surface area contributed by atoms with Crippen LogP contribution in [0.2, 0.25) is 0 Å². The molecular weight excluding hydrogens is 482 g/mol. The number of ether oxygens (including phenoxy) is 1. The van der Waals surface area contributed by atoms with Crippen LogP contribution < -0.4 is 10.6 Å². The van der Waals surface area contributed by atoms with Gasteiger partial charge < -0.3 is 15.4 Å². The van der Waals surface area contributed by atoms with Gasteiger partial charge in [0, 0.05) is 12.7 Å². The number of hydrogen-bond donors (Lipinski definition) is 2. The van der Waals surface area contributed by atoms with Gasteiger partial charge in [0.2, 0.25) is 0 Å². The molecule has 0 spiro atoms. The number of nitrogens with one attached hydrogen (secondary N) is 2. The molecule has 0 unspecified atom stereocenters. The van der Waals surface area contributed by atoms with E-state index >= 15 is 0 Å². The summed E-state index contributed by atoms with van der Waals surface area (Å²) in [5.74, 6) is -1.40. The largest absolute Gasteiger partial charge is 0.455 e. The topological polar surface area (TPSA) is 102 Å². The van der Waals surface area contributed by atoms with Crippen molar-refractivity contribution in [2.45, 2.75) is 41.1 Å². The molecule has 1 amide bonds. The Bertz CT molecular complexity index is 779. The van der Waals surface area contributed by atoms with Gasteiger partial charge >= 0.3 is 5.97 Å². The van der Waals surface area contributed by atoms with E-state index in [0.29, 0.717) is 12.0 Å². The normalized spacial score (nSPS) is 13.3. The summed E-state index contributed by atoms with van der Waals surface area (Å²) in [4.78, 5) is 22.7. The first-order valence-corrected chi connectivity index (χ1v) is 11.6. The molecule has 30 heavy (non-hydrogen) atoms. The first-order chi connectivity index (χ1) is 13.6. The first-order valence-electron chi connectivity index (χ1n) is 8.88. The van der Waals surface area contributed by atoms with Crippen molar-refractivity contribution in [3.63, 3.8) is 0 Å². The number of carbonyl (C=O) groups is 2. The lowest BCUT2D eigenvalue weighted by atomic mass is 10.0. The van der Waals surface area contributed by atoms with Crippen LogP contribution in [0.25, 0.3) is 0 Å². The van der Waals surface area contributed by atoms with Crippen molar-refractivity contribution >= 4 is 57.3 Å². The number of unbranched alkanes of at least 4 members (excludes halogenated alkanes) is 1. The van der Waals surface area contributed by atoms with Crippen LogP contribution in [0, 0.1) is 0 Å².